The zero-order chi connectivity index (χ0) is 33.3. The van der Waals surface area contributed by atoms with Crippen molar-refractivity contribution in [1.29, 1.82) is 0 Å². The van der Waals surface area contributed by atoms with Gasteiger partial charge in [-0.05, 0) is 90.7 Å². The first-order valence-electron chi connectivity index (χ1n) is 15.6. The molecule has 0 bridgehead atoms. The van der Waals surface area contributed by atoms with Gasteiger partial charge in [-0.2, -0.15) is 0 Å². The molecule has 2 amide bonds. The first kappa shape index (κ1) is 32.8. The van der Waals surface area contributed by atoms with Crippen LogP contribution < -0.4 is 20.4 Å². The van der Waals surface area contributed by atoms with Crippen molar-refractivity contribution < 1.29 is 14.4 Å². The van der Waals surface area contributed by atoms with Gasteiger partial charge in [-0.15, -0.1) is 0 Å². The fourth-order valence-corrected chi connectivity index (χ4v) is 5.14. The Labute approximate surface area is 277 Å². The number of carbonyl (C=O) groups excluding carboxylic acids is 2. The molecule has 0 saturated heterocycles. The van der Waals surface area contributed by atoms with Crippen LogP contribution >= 0.6 is 0 Å². The van der Waals surface area contributed by atoms with Crippen molar-refractivity contribution in [2.75, 3.05) is 55.2 Å². The van der Waals surface area contributed by atoms with E-state index in [0.717, 1.165) is 28.9 Å². The minimum atomic E-state index is -0.185. The quantitative estimate of drug-likeness (QED) is 0.132. The molecule has 1 unspecified atom stereocenters. The van der Waals surface area contributed by atoms with Crippen LogP contribution in [0.1, 0.15) is 45.2 Å². The van der Waals surface area contributed by atoms with Crippen molar-refractivity contribution >= 4 is 40.3 Å². The third kappa shape index (κ3) is 8.76. The van der Waals surface area contributed by atoms with Gasteiger partial charge in [0.2, 0.25) is 0 Å². The summed E-state index contributed by atoms with van der Waals surface area (Å²) in [6, 6.07) is 29.9. The number of nitrogens with one attached hydrogen (secondary N) is 2. The molecule has 5 rings (SSSR count). The van der Waals surface area contributed by atoms with Crippen molar-refractivity contribution in [3.05, 3.63) is 143 Å². The van der Waals surface area contributed by atoms with Crippen LogP contribution in [-0.4, -0.2) is 52.3 Å². The predicted molar refractivity (Wildman–Crippen MR) is 193 cm³/mol. The van der Waals surface area contributed by atoms with Gasteiger partial charge in [0.25, 0.3) is 11.8 Å². The third-order valence-electron chi connectivity index (χ3n) is 7.89. The number of benzene rings is 4. The number of hydrogen-bond donors (Lipinski definition) is 2. The lowest BCUT2D eigenvalue weighted by Gasteiger charge is -2.14. The number of nitrogens with zero attached hydrogens (tertiary/aromatic N) is 3. The van der Waals surface area contributed by atoms with E-state index in [4.69, 9.17) is 4.84 Å². The molecule has 0 aromatic heterocycles. The molecule has 1 aliphatic carbocycles. The number of hydrogen-bond acceptors (Lipinski definition) is 6. The molecule has 8 nitrogen and oxygen atoms in total. The largest absolute Gasteiger partial charge is 0.391 e. The second-order valence-corrected chi connectivity index (χ2v) is 12.1. The number of amides is 2. The highest BCUT2D eigenvalue weighted by Gasteiger charge is 2.13. The Kier molecular flexibility index (Phi) is 10.5. The Morgan fingerprint density at radius 3 is 1.51 bits per heavy atom. The van der Waals surface area contributed by atoms with Crippen LogP contribution in [-0.2, 0) is 4.84 Å². The molecule has 8 heteroatoms. The van der Waals surface area contributed by atoms with Crippen LogP contribution in [0.2, 0.25) is 0 Å². The van der Waals surface area contributed by atoms with Crippen molar-refractivity contribution in [1.82, 2.24) is 0 Å². The van der Waals surface area contributed by atoms with Gasteiger partial charge in [-0.3, -0.25) is 9.59 Å². The second kappa shape index (κ2) is 15.1. The van der Waals surface area contributed by atoms with E-state index in [-0.39, 0.29) is 11.8 Å². The average molecular weight is 628 g/mol. The normalized spacial score (nSPS) is 13.6. The Bertz CT molecular complexity index is 1660. The van der Waals surface area contributed by atoms with E-state index in [1.54, 1.807) is 0 Å². The molecule has 4 aromatic rings. The molecule has 0 spiro atoms. The molecule has 2 N–H and O–H groups in total. The fraction of sp³-hybridized carbons (Fsp3) is 0.205. The lowest BCUT2D eigenvalue weighted by atomic mass is 9.97. The topological polar surface area (TPSA) is 86.3 Å². The SMILES string of the molecule is CC1C=CC=C(CON=C(c2ccc(NC(=O)c3ccc(N(C)C)cc3)cc2)c2ccc(NC(=O)c3ccc(N(C)C)cc3)cc2)C1. The zero-order valence-corrected chi connectivity index (χ0v) is 27.5. The second-order valence-electron chi connectivity index (χ2n) is 12.1. The van der Waals surface area contributed by atoms with Gasteiger partial charge >= 0.3 is 0 Å². The molecular formula is C39H41N5O3. The molecule has 0 heterocycles. The highest BCUT2D eigenvalue weighted by atomic mass is 16.6. The number of anilines is 4. The first-order chi connectivity index (χ1) is 22.7. The monoisotopic (exact) mass is 627 g/mol. The number of allylic oxidation sites excluding steroid dienone is 3. The van der Waals surface area contributed by atoms with E-state index >= 15 is 0 Å². The summed E-state index contributed by atoms with van der Waals surface area (Å²) in [6.07, 6.45) is 7.24. The van der Waals surface area contributed by atoms with E-state index < -0.39 is 0 Å². The summed E-state index contributed by atoms with van der Waals surface area (Å²) >= 11 is 0. The van der Waals surface area contributed by atoms with Crippen LogP contribution in [0.25, 0.3) is 0 Å². The van der Waals surface area contributed by atoms with E-state index in [2.05, 4.69) is 40.9 Å². The smallest absolute Gasteiger partial charge is 0.255 e. The molecule has 0 radical (unpaired) electrons. The lowest BCUT2D eigenvalue weighted by Crippen LogP contribution is -2.14. The number of oxime groups is 1. The molecule has 47 heavy (non-hydrogen) atoms. The van der Waals surface area contributed by atoms with E-state index in [1.807, 2.05) is 135 Å². The fourth-order valence-electron chi connectivity index (χ4n) is 5.14. The van der Waals surface area contributed by atoms with Crippen LogP contribution in [0.4, 0.5) is 22.7 Å². The predicted octanol–water partition coefficient (Wildman–Crippen LogP) is 7.61. The minimum absolute atomic E-state index is 0.185. The van der Waals surface area contributed by atoms with Crippen LogP contribution in [0.15, 0.2) is 126 Å². The van der Waals surface area contributed by atoms with Gasteiger partial charge in [0.15, 0.2) is 0 Å². The highest BCUT2D eigenvalue weighted by molar-refractivity contribution is 6.13. The van der Waals surface area contributed by atoms with Crippen molar-refractivity contribution in [3.8, 4) is 0 Å². The van der Waals surface area contributed by atoms with Crippen LogP contribution in [0, 0.1) is 5.92 Å². The lowest BCUT2D eigenvalue weighted by molar-refractivity contribution is 0.101. The summed E-state index contributed by atoms with van der Waals surface area (Å²) in [4.78, 5) is 35.6. The molecule has 0 aliphatic heterocycles. The Balaban J connectivity index is 1.32. The van der Waals surface area contributed by atoms with Crippen molar-refractivity contribution in [3.63, 3.8) is 0 Å². The van der Waals surface area contributed by atoms with E-state index in [1.165, 1.54) is 5.57 Å². The Morgan fingerprint density at radius 1 is 0.681 bits per heavy atom. The minimum Gasteiger partial charge on any atom is -0.391 e. The summed E-state index contributed by atoms with van der Waals surface area (Å²) in [6.45, 7) is 2.57. The summed E-state index contributed by atoms with van der Waals surface area (Å²) in [5.41, 5.74) is 8.00. The van der Waals surface area contributed by atoms with Gasteiger partial charge in [-0.25, -0.2) is 0 Å². The Hall–Kier alpha value is -5.63. The highest BCUT2D eigenvalue weighted by Crippen LogP contribution is 2.22. The van der Waals surface area contributed by atoms with Crippen LogP contribution in [0.5, 0.6) is 0 Å². The van der Waals surface area contributed by atoms with Gasteiger partial charge < -0.3 is 25.3 Å². The maximum Gasteiger partial charge on any atom is 0.255 e. The first-order valence-corrected chi connectivity index (χ1v) is 15.6. The maximum atomic E-state index is 12.9. The van der Waals surface area contributed by atoms with E-state index in [9.17, 15) is 9.59 Å². The maximum absolute atomic E-state index is 12.9. The molecule has 0 fully saturated rings. The molecule has 1 aliphatic rings. The van der Waals surface area contributed by atoms with Gasteiger partial charge in [0.1, 0.15) is 12.3 Å². The van der Waals surface area contributed by atoms with Gasteiger partial charge in [-0.1, -0.05) is 54.6 Å². The van der Waals surface area contributed by atoms with Gasteiger partial charge in [0, 0.05) is 73.2 Å². The summed E-state index contributed by atoms with van der Waals surface area (Å²) in [5.74, 6) is 0.0931. The average Bonchev–Trinajstić information content (AvgIpc) is 3.08. The molecule has 1 atom stereocenters. The van der Waals surface area contributed by atoms with Crippen LogP contribution in [0.3, 0.4) is 0 Å². The molecule has 240 valence electrons. The summed E-state index contributed by atoms with van der Waals surface area (Å²) < 4.78 is 0. The summed E-state index contributed by atoms with van der Waals surface area (Å²) in [7, 11) is 7.85. The number of rotatable bonds is 11. The Morgan fingerprint density at radius 2 is 1.11 bits per heavy atom. The standard InChI is InChI=1S/C39H41N5O3/c1-27-7-6-8-28(25-27)26-47-42-37(29-9-17-33(18-10-29)40-38(45)31-13-21-35(22-14-31)43(2)3)30-11-19-34(20-12-30)41-39(46)32-15-23-36(24-16-32)44(4)5/h6-24,27H,25-26H2,1-5H3,(H,40,45)(H,41,46). The number of carbonyl (C=O) groups is 2. The van der Waals surface area contributed by atoms with Gasteiger partial charge in [0.05, 0.1) is 0 Å². The zero-order valence-electron chi connectivity index (χ0n) is 27.5. The molecule has 0 saturated carbocycles. The molecule has 4 aromatic carbocycles. The molecular weight excluding hydrogens is 586 g/mol. The third-order valence-corrected chi connectivity index (χ3v) is 7.89. The van der Waals surface area contributed by atoms with E-state index in [0.29, 0.717) is 40.7 Å². The summed E-state index contributed by atoms with van der Waals surface area (Å²) in [5, 5.41) is 10.5. The van der Waals surface area contributed by atoms with Crippen molar-refractivity contribution in [2.24, 2.45) is 11.1 Å². The van der Waals surface area contributed by atoms with Crippen molar-refractivity contribution in [2.45, 2.75) is 13.3 Å².